The SMILES string of the molecule is COc1ccc(C(=O)N2CC[NH+](Cc3cc(F)ccc3OC)CC2)cc1. The summed E-state index contributed by atoms with van der Waals surface area (Å²) in [5, 5.41) is 0. The van der Waals surface area contributed by atoms with E-state index in [0.29, 0.717) is 30.9 Å². The van der Waals surface area contributed by atoms with E-state index in [1.807, 2.05) is 4.90 Å². The van der Waals surface area contributed by atoms with Crippen molar-refractivity contribution in [2.45, 2.75) is 6.54 Å². The topological polar surface area (TPSA) is 43.2 Å². The van der Waals surface area contributed by atoms with Gasteiger partial charge in [0.1, 0.15) is 23.9 Å². The van der Waals surface area contributed by atoms with Crippen LogP contribution in [0.15, 0.2) is 42.5 Å². The molecule has 1 fully saturated rings. The number of benzene rings is 2. The Labute approximate surface area is 152 Å². The molecule has 1 aliphatic rings. The van der Waals surface area contributed by atoms with Gasteiger partial charge in [0.15, 0.2) is 0 Å². The molecule has 1 N–H and O–H groups in total. The summed E-state index contributed by atoms with van der Waals surface area (Å²) in [5.41, 5.74) is 1.53. The van der Waals surface area contributed by atoms with Crippen molar-refractivity contribution in [3.63, 3.8) is 0 Å². The minimum atomic E-state index is -0.256. The summed E-state index contributed by atoms with van der Waals surface area (Å²) in [6, 6.07) is 11.8. The molecule has 1 amide bonds. The maximum atomic E-state index is 13.5. The molecular formula is C20H24FN2O3+. The highest BCUT2D eigenvalue weighted by atomic mass is 19.1. The first kappa shape index (κ1) is 18.2. The lowest BCUT2D eigenvalue weighted by Crippen LogP contribution is -3.13. The molecule has 2 aromatic carbocycles. The Hall–Kier alpha value is -2.60. The van der Waals surface area contributed by atoms with Crippen molar-refractivity contribution in [1.82, 2.24) is 4.90 Å². The van der Waals surface area contributed by atoms with E-state index in [9.17, 15) is 9.18 Å². The van der Waals surface area contributed by atoms with Crippen molar-refractivity contribution in [3.8, 4) is 11.5 Å². The van der Waals surface area contributed by atoms with Gasteiger partial charge in [-0.25, -0.2) is 4.39 Å². The van der Waals surface area contributed by atoms with E-state index in [0.717, 1.165) is 24.4 Å². The smallest absolute Gasteiger partial charge is 0.254 e. The first-order valence-electron chi connectivity index (χ1n) is 8.70. The Bertz CT molecular complexity index is 756. The van der Waals surface area contributed by atoms with Crippen LogP contribution in [-0.2, 0) is 6.54 Å². The van der Waals surface area contributed by atoms with Gasteiger partial charge >= 0.3 is 0 Å². The lowest BCUT2D eigenvalue weighted by atomic mass is 10.1. The van der Waals surface area contributed by atoms with E-state index < -0.39 is 0 Å². The van der Waals surface area contributed by atoms with Crippen LogP contribution in [0, 0.1) is 5.82 Å². The quantitative estimate of drug-likeness (QED) is 0.877. The minimum absolute atomic E-state index is 0.0371. The Morgan fingerprint density at radius 1 is 1.08 bits per heavy atom. The van der Waals surface area contributed by atoms with Crippen molar-refractivity contribution >= 4 is 5.91 Å². The number of methoxy groups -OCH3 is 2. The number of amides is 1. The zero-order valence-electron chi connectivity index (χ0n) is 15.1. The van der Waals surface area contributed by atoms with Crippen LogP contribution in [0.25, 0.3) is 0 Å². The van der Waals surface area contributed by atoms with Gasteiger partial charge in [0.25, 0.3) is 5.91 Å². The summed E-state index contributed by atoms with van der Waals surface area (Å²) in [4.78, 5) is 15.8. The molecule has 0 radical (unpaired) electrons. The fraction of sp³-hybridized carbons (Fsp3) is 0.350. The predicted molar refractivity (Wildman–Crippen MR) is 96.3 cm³/mol. The molecule has 5 nitrogen and oxygen atoms in total. The van der Waals surface area contributed by atoms with Crippen LogP contribution in [0.2, 0.25) is 0 Å². The zero-order valence-corrected chi connectivity index (χ0v) is 15.1. The number of piperazine rings is 1. The lowest BCUT2D eigenvalue weighted by molar-refractivity contribution is -0.917. The molecule has 1 heterocycles. The van der Waals surface area contributed by atoms with Gasteiger partial charge in [-0.2, -0.15) is 0 Å². The van der Waals surface area contributed by atoms with Crippen LogP contribution in [0.5, 0.6) is 11.5 Å². The van der Waals surface area contributed by atoms with Gasteiger partial charge in [-0.05, 0) is 42.5 Å². The highest BCUT2D eigenvalue weighted by Gasteiger charge is 2.25. The van der Waals surface area contributed by atoms with Crippen LogP contribution >= 0.6 is 0 Å². The molecule has 0 aliphatic carbocycles. The van der Waals surface area contributed by atoms with Crippen LogP contribution < -0.4 is 14.4 Å². The third-order valence-electron chi connectivity index (χ3n) is 4.78. The Morgan fingerprint density at radius 2 is 1.77 bits per heavy atom. The van der Waals surface area contributed by atoms with Crippen molar-refractivity contribution in [3.05, 3.63) is 59.4 Å². The molecule has 6 heteroatoms. The van der Waals surface area contributed by atoms with E-state index in [-0.39, 0.29) is 11.7 Å². The predicted octanol–water partition coefficient (Wildman–Crippen LogP) is 1.38. The van der Waals surface area contributed by atoms with Gasteiger partial charge < -0.3 is 19.3 Å². The summed E-state index contributed by atoms with van der Waals surface area (Å²) in [6.45, 7) is 3.68. The average molecular weight is 359 g/mol. The monoisotopic (exact) mass is 359 g/mol. The van der Waals surface area contributed by atoms with Crippen LogP contribution in [0.4, 0.5) is 4.39 Å². The first-order valence-corrected chi connectivity index (χ1v) is 8.70. The molecule has 0 atom stereocenters. The van der Waals surface area contributed by atoms with E-state index in [2.05, 4.69) is 0 Å². The van der Waals surface area contributed by atoms with E-state index in [1.165, 1.54) is 17.0 Å². The standard InChI is InChI=1S/C20H23FN2O3/c1-25-18-6-3-15(4-7-18)20(24)23-11-9-22(10-12-23)14-16-13-17(21)5-8-19(16)26-2/h3-8,13H,9-12,14H2,1-2H3/p+1. The fourth-order valence-electron chi connectivity index (χ4n) is 3.27. The number of hydrogen-bond donors (Lipinski definition) is 1. The van der Waals surface area contributed by atoms with Crippen LogP contribution in [0.1, 0.15) is 15.9 Å². The number of carbonyl (C=O) groups excluding carboxylic acids is 1. The highest BCUT2D eigenvalue weighted by molar-refractivity contribution is 5.94. The molecule has 0 saturated carbocycles. The second kappa shape index (κ2) is 8.19. The van der Waals surface area contributed by atoms with Crippen LogP contribution in [0.3, 0.4) is 0 Å². The zero-order chi connectivity index (χ0) is 18.5. The van der Waals surface area contributed by atoms with Crippen molar-refractivity contribution in [2.75, 3.05) is 40.4 Å². The van der Waals surface area contributed by atoms with E-state index in [4.69, 9.17) is 9.47 Å². The second-order valence-corrected chi connectivity index (χ2v) is 6.40. The third kappa shape index (κ3) is 4.14. The molecular weight excluding hydrogens is 335 g/mol. The van der Waals surface area contributed by atoms with Gasteiger partial charge in [-0.3, -0.25) is 4.79 Å². The average Bonchev–Trinajstić information content (AvgIpc) is 2.68. The second-order valence-electron chi connectivity index (χ2n) is 6.40. The molecule has 3 rings (SSSR count). The largest absolute Gasteiger partial charge is 0.497 e. The number of nitrogens with zero attached hydrogens (tertiary/aromatic N) is 1. The van der Waals surface area contributed by atoms with Crippen molar-refractivity contribution in [1.29, 1.82) is 0 Å². The van der Waals surface area contributed by atoms with Gasteiger partial charge in [0.2, 0.25) is 0 Å². The number of quaternary nitrogens is 1. The van der Waals surface area contributed by atoms with Gasteiger partial charge in [-0.15, -0.1) is 0 Å². The molecule has 1 aliphatic heterocycles. The molecule has 26 heavy (non-hydrogen) atoms. The Kier molecular flexibility index (Phi) is 5.73. The highest BCUT2D eigenvalue weighted by Crippen LogP contribution is 2.18. The number of ether oxygens (including phenoxy) is 2. The Balaban J connectivity index is 1.58. The fourth-order valence-corrected chi connectivity index (χ4v) is 3.27. The molecule has 0 aromatic heterocycles. The lowest BCUT2D eigenvalue weighted by Gasteiger charge is -2.32. The molecule has 0 unspecified atom stereocenters. The van der Waals surface area contributed by atoms with Crippen LogP contribution in [-0.4, -0.2) is 51.2 Å². The number of halogens is 1. The minimum Gasteiger partial charge on any atom is -0.497 e. The third-order valence-corrected chi connectivity index (χ3v) is 4.78. The molecule has 2 aromatic rings. The number of rotatable bonds is 5. The van der Waals surface area contributed by atoms with Crippen molar-refractivity contribution in [2.24, 2.45) is 0 Å². The van der Waals surface area contributed by atoms with E-state index >= 15 is 0 Å². The number of nitrogens with one attached hydrogen (secondary N) is 1. The molecule has 1 saturated heterocycles. The number of hydrogen-bond acceptors (Lipinski definition) is 3. The van der Waals surface area contributed by atoms with Crippen molar-refractivity contribution < 1.29 is 23.6 Å². The molecule has 138 valence electrons. The summed E-state index contributed by atoms with van der Waals surface area (Å²) in [6.07, 6.45) is 0. The summed E-state index contributed by atoms with van der Waals surface area (Å²) >= 11 is 0. The summed E-state index contributed by atoms with van der Waals surface area (Å²) in [7, 11) is 3.20. The molecule has 0 spiro atoms. The Morgan fingerprint density at radius 3 is 2.38 bits per heavy atom. The van der Waals surface area contributed by atoms with E-state index in [1.54, 1.807) is 44.6 Å². The maximum absolute atomic E-state index is 13.5. The van der Waals surface area contributed by atoms with Gasteiger partial charge in [0.05, 0.1) is 46.0 Å². The molecule has 0 bridgehead atoms. The maximum Gasteiger partial charge on any atom is 0.254 e. The normalized spacial score (nSPS) is 15.0. The first-order chi connectivity index (χ1) is 12.6. The summed E-state index contributed by atoms with van der Waals surface area (Å²) < 4.78 is 24.0. The van der Waals surface area contributed by atoms with Gasteiger partial charge in [0, 0.05) is 5.56 Å². The number of carbonyl (C=O) groups is 1. The summed E-state index contributed by atoms with van der Waals surface area (Å²) in [5.74, 6) is 1.22. The van der Waals surface area contributed by atoms with Gasteiger partial charge in [-0.1, -0.05) is 0 Å².